The highest BCUT2D eigenvalue weighted by molar-refractivity contribution is 7.17. The number of aromatic nitrogens is 3. The van der Waals surface area contributed by atoms with Crippen LogP contribution in [-0.4, -0.2) is 26.3 Å². The fourth-order valence-electron chi connectivity index (χ4n) is 2.52. The molecular formula is C13H15N3O2S. The summed E-state index contributed by atoms with van der Waals surface area (Å²) >= 11 is 1.21. The Bertz CT molecular complexity index is 584. The largest absolute Gasteiger partial charge is 0.477 e. The molecule has 1 fully saturated rings. The minimum Gasteiger partial charge on any atom is -0.477 e. The van der Waals surface area contributed by atoms with Crippen LogP contribution in [-0.2, 0) is 0 Å². The summed E-state index contributed by atoms with van der Waals surface area (Å²) in [6.07, 6.45) is 6.15. The van der Waals surface area contributed by atoms with Crippen molar-refractivity contribution in [1.29, 1.82) is 0 Å². The third kappa shape index (κ3) is 2.53. The molecule has 0 atom stereocenters. The zero-order valence-electron chi connectivity index (χ0n) is 10.4. The molecule has 2 aromatic heterocycles. The van der Waals surface area contributed by atoms with E-state index in [0.29, 0.717) is 16.6 Å². The molecule has 0 bridgehead atoms. The SMILES string of the molecule is O=C(O)c1ccc(-c2n[nH]c(C3CCCCC3)n2)s1. The van der Waals surface area contributed by atoms with Gasteiger partial charge in [-0.15, -0.1) is 11.3 Å². The van der Waals surface area contributed by atoms with Gasteiger partial charge in [-0.1, -0.05) is 19.3 Å². The Morgan fingerprint density at radius 2 is 2.11 bits per heavy atom. The van der Waals surface area contributed by atoms with Crippen LogP contribution < -0.4 is 0 Å². The predicted molar refractivity (Wildman–Crippen MR) is 72.5 cm³/mol. The molecule has 0 saturated heterocycles. The van der Waals surface area contributed by atoms with E-state index in [-0.39, 0.29) is 0 Å². The molecule has 100 valence electrons. The first kappa shape index (κ1) is 12.3. The normalized spacial score (nSPS) is 16.6. The van der Waals surface area contributed by atoms with Gasteiger partial charge >= 0.3 is 5.97 Å². The molecule has 1 aliphatic carbocycles. The molecular weight excluding hydrogens is 262 g/mol. The highest BCUT2D eigenvalue weighted by Gasteiger charge is 2.20. The van der Waals surface area contributed by atoms with Gasteiger partial charge in [0.2, 0.25) is 0 Å². The van der Waals surface area contributed by atoms with Crippen molar-refractivity contribution in [3.05, 3.63) is 22.8 Å². The number of rotatable bonds is 3. The smallest absolute Gasteiger partial charge is 0.345 e. The molecule has 3 rings (SSSR count). The van der Waals surface area contributed by atoms with Crippen molar-refractivity contribution in [1.82, 2.24) is 15.2 Å². The first-order valence-corrected chi connectivity index (χ1v) is 7.31. The highest BCUT2D eigenvalue weighted by atomic mass is 32.1. The minimum atomic E-state index is -0.903. The Labute approximate surface area is 114 Å². The van der Waals surface area contributed by atoms with E-state index in [0.717, 1.165) is 10.7 Å². The maximum Gasteiger partial charge on any atom is 0.345 e. The Morgan fingerprint density at radius 3 is 2.79 bits per heavy atom. The van der Waals surface area contributed by atoms with E-state index in [1.807, 2.05) is 0 Å². The Balaban J connectivity index is 1.81. The second-order valence-electron chi connectivity index (χ2n) is 4.85. The lowest BCUT2D eigenvalue weighted by Gasteiger charge is -2.18. The van der Waals surface area contributed by atoms with E-state index in [1.54, 1.807) is 12.1 Å². The van der Waals surface area contributed by atoms with Gasteiger partial charge < -0.3 is 5.11 Å². The second-order valence-corrected chi connectivity index (χ2v) is 5.93. The summed E-state index contributed by atoms with van der Waals surface area (Å²) in [7, 11) is 0. The molecule has 2 N–H and O–H groups in total. The zero-order valence-corrected chi connectivity index (χ0v) is 11.2. The number of aromatic amines is 1. The van der Waals surface area contributed by atoms with Crippen molar-refractivity contribution >= 4 is 17.3 Å². The summed E-state index contributed by atoms with van der Waals surface area (Å²) < 4.78 is 0. The third-order valence-electron chi connectivity index (χ3n) is 3.53. The van der Waals surface area contributed by atoms with Crippen molar-refractivity contribution in [2.24, 2.45) is 0 Å². The first-order chi connectivity index (χ1) is 9.24. The predicted octanol–water partition coefficient (Wildman–Crippen LogP) is 3.28. The quantitative estimate of drug-likeness (QED) is 0.902. The average molecular weight is 277 g/mol. The van der Waals surface area contributed by atoms with Crippen LogP contribution in [0.15, 0.2) is 12.1 Å². The molecule has 0 aromatic carbocycles. The van der Waals surface area contributed by atoms with Crippen LogP contribution in [0.25, 0.3) is 10.7 Å². The summed E-state index contributed by atoms with van der Waals surface area (Å²) in [4.78, 5) is 16.5. The Kier molecular flexibility index (Phi) is 3.33. The van der Waals surface area contributed by atoms with Crippen LogP contribution in [0.4, 0.5) is 0 Å². The molecule has 0 radical (unpaired) electrons. The maximum absolute atomic E-state index is 10.9. The summed E-state index contributed by atoms with van der Waals surface area (Å²) in [5.74, 6) is 1.13. The molecule has 1 aliphatic rings. The van der Waals surface area contributed by atoms with Crippen molar-refractivity contribution < 1.29 is 9.90 Å². The number of thiophene rings is 1. The molecule has 0 unspecified atom stereocenters. The fourth-order valence-corrected chi connectivity index (χ4v) is 3.30. The van der Waals surface area contributed by atoms with Gasteiger partial charge in [0.05, 0.1) is 4.88 Å². The van der Waals surface area contributed by atoms with E-state index < -0.39 is 5.97 Å². The van der Waals surface area contributed by atoms with Gasteiger partial charge in [0.1, 0.15) is 10.7 Å². The summed E-state index contributed by atoms with van der Waals surface area (Å²) in [6, 6.07) is 3.36. The Hall–Kier alpha value is -1.69. The molecule has 19 heavy (non-hydrogen) atoms. The molecule has 2 heterocycles. The van der Waals surface area contributed by atoms with Crippen molar-refractivity contribution in [3.8, 4) is 10.7 Å². The van der Waals surface area contributed by atoms with E-state index in [4.69, 9.17) is 5.11 Å². The van der Waals surface area contributed by atoms with Gasteiger partial charge in [0, 0.05) is 5.92 Å². The van der Waals surface area contributed by atoms with Crippen molar-refractivity contribution in [3.63, 3.8) is 0 Å². The standard InChI is InChI=1S/C13H15N3O2S/c17-13(18)10-7-6-9(19-10)12-14-11(15-16-12)8-4-2-1-3-5-8/h6-8H,1-5H2,(H,17,18)(H,14,15,16). The molecule has 2 aromatic rings. The number of carbonyl (C=O) groups is 1. The fraction of sp³-hybridized carbons (Fsp3) is 0.462. The third-order valence-corrected chi connectivity index (χ3v) is 4.60. The molecule has 0 amide bonds. The summed E-state index contributed by atoms with van der Waals surface area (Å²) in [6.45, 7) is 0. The van der Waals surface area contributed by atoms with Crippen LogP contribution in [0.1, 0.15) is 53.5 Å². The highest BCUT2D eigenvalue weighted by Crippen LogP contribution is 2.32. The summed E-state index contributed by atoms with van der Waals surface area (Å²) in [5.41, 5.74) is 0. The molecule has 0 spiro atoms. The zero-order chi connectivity index (χ0) is 13.2. The first-order valence-electron chi connectivity index (χ1n) is 6.50. The molecule has 0 aliphatic heterocycles. The number of carboxylic acids is 1. The summed E-state index contributed by atoms with van der Waals surface area (Å²) in [5, 5.41) is 16.1. The number of hydrogen-bond acceptors (Lipinski definition) is 4. The van der Waals surface area contributed by atoms with E-state index in [1.165, 1.54) is 43.4 Å². The average Bonchev–Trinajstić information content (AvgIpc) is 3.09. The molecule has 5 nitrogen and oxygen atoms in total. The van der Waals surface area contributed by atoms with Crippen LogP contribution >= 0.6 is 11.3 Å². The number of aromatic carboxylic acids is 1. The van der Waals surface area contributed by atoms with Crippen LogP contribution in [0.2, 0.25) is 0 Å². The van der Waals surface area contributed by atoms with E-state index in [9.17, 15) is 4.79 Å². The number of nitrogens with one attached hydrogen (secondary N) is 1. The number of carboxylic acid groups (broad SMARTS) is 1. The van der Waals surface area contributed by atoms with Gasteiger partial charge in [-0.3, -0.25) is 5.10 Å². The number of hydrogen-bond donors (Lipinski definition) is 2. The Morgan fingerprint density at radius 1 is 1.32 bits per heavy atom. The lowest BCUT2D eigenvalue weighted by atomic mass is 9.89. The van der Waals surface area contributed by atoms with Gasteiger partial charge in [-0.2, -0.15) is 5.10 Å². The maximum atomic E-state index is 10.9. The second kappa shape index (κ2) is 5.13. The van der Waals surface area contributed by atoms with Crippen LogP contribution in [0.3, 0.4) is 0 Å². The topological polar surface area (TPSA) is 78.9 Å². The number of nitrogens with zero attached hydrogens (tertiary/aromatic N) is 2. The van der Waals surface area contributed by atoms with Gasteiger partial charge in [0.15, 0.2) is 5.82 Å². The lowest BCUT2D eigenvalue weighted by molar-refractivity contribution is 0.0702. The van der Waals surface area contributed by atoms with Crippen LogP contribution in [0, 0.1) is 0 Å². The van der Waals surface area contributed by atoms with E-state index >= 15 is 0 Å². The van der Waals surface area contributed by atoms with Crippen molar-refractivity contribution in [2.75, 3.05) is 0 Å². The number of H-pyrrole nitrogens is 1. The minimum absolute atomic E-state index is 0.319. The van der Waals surface area contributed by atoms with Crippen molar-refractivity contribution in [2.45, 2.75) is 38.0 Å². The molecule has 6 heteroatoms. The van der Waals surface area contributed by atoms with Gasteiger partial charge in [0.25, 0.3) is 0 Å². The lowest BCUT2D eigenvalue weighted by Crippen LogP contribution is -2.06. The molecule has 1 saturated carbocycles. The van der Waals surface area contributed by atoms with Gasteiger partial charge in [-0.05, 0) is 25.0 Å². The monoisotopic (exact) mass is 277 g/mol. The van der Waals surface area contributed by atoms with Gasteiger partial charge in [-0.25, -0.2) is 9.78 Å². The van der Waals surface area contributed by atoms with Crippen LogP contribution in [0.5, 0.6) is 0 Å². The van der Waals surface area contributed by atoms with E-state index in [2.05, 4.69) is 15.2 Å².